The second kappa shape index (κ2) is 4.44. The van der Waals surface area contributed by atoms with Crippen molar-refractivity contribution < 1.29 is 4.39 Å². The van der Waals surface area contributed by atoms with Crippen LogP contribution in [-0.4, -0.2) is 16.8 Å². The number of para-hydroxylation sites is 1. The maximum Gasteiger partial charge on any atom is 0.148 e. The van der Waals surface area contributed by atoms with Crippen LogP contribution in [0, 0.1) is 5.82 Å². The van der Waals surface area contributed by atoms with Gasteiger partial charge in [0.25, 0.3) is 0 Å². The van der Waals surface area contributed by atoms with Gasteiger partial charge in [-0.05, 0) is 12.1 Å². The molecule has 0 aliphatic heterocycles. The van der Waals surface area contributed by atoms with Crippen LogP contribution >= 0.6 is 0 Å². The Morgan fingerprint density at radius 3 is 2.44 bits per heavy atom. The highest BCUT2D eigenvalue weighted by atomic mass is 19.1. The molecule has 0 unspecified atom stereocenters. The number of hydrogen-bond donors (Lipinski definition) is 1. The third-order valence-corrected chi connectivity index (χ3v) is 2.81. The van der Waals surface area contributed by atoms with Crippen LogP contribution in [0.25, 0.3) is 5.69 Å². The molecule has 0 fully saturated rings. The van der Waals surface area contributed by atoms with Crippen molar-refractivity contribution in [2.45, 2.75) is 26.2 Å². The molecule has 0 saturated carbocycles. The van der Waals surface area contributed by atoms with E-state index in [0.29, 0.717) is 5.69 Å². The highest BCUT2D eigenvalue weighted by molar-refractivity contribution is 5.47. The van der Waals surface area contributed by atoms with E-state index >= 15 is 0 Å². The number of nitrogens with zero attached hydrogens (tertiary/aromatic N) is 2. The van der Waals surface area contributed by atoms with Crippen molar-refractivity contribution in [1.82, 2.24) is 9.78 Å². The lowest BCUT2D eigenvalue weighted by molar-refractivity contribution is 0.555. The molecule has 18 heavy (non-hydrogen) atoms. The summed E-state index contributed by atoms with van der Waals surface area (Å²) in [4.78, 5) is 0. The molecule has 0 aliphatic carbocycles. The molecule has 1 aromatic heterocycles. The summed E-state index contributed by atoms with van der Waals surface area (Å²) in [6.45, 7) is 6.25. The van der Waals surface area contributed by atoms with Crippen molar-refractivity contribution in [1.29, 1.82) is 0 Å². The Hall–Kier alpha value is -1.84. The fourth-order valence-corrected chi connectivity index (χ4v) is 1.73. The van der Waals surface area contributed by atoms with E-state index in [-0.39, 0.29) is 11.2 Å². The molecule has 1 heterocycles. The van der Waals surface area contributed by atoms with Gasteiger partial charge in [0.1, 0.15) is 17.3 Å². The average molecular weight is 247 g/mol. The van der Waals surface area contributed by atoms with Crippen LogP contribution in [0.5, 0.6) is 0 Å². The van der Waals surface area contributed by atoms with Gasteiger partial charge in [0, 0.05) is 18.5 Å². The zero-order chi connectivity index (χ0) is 13.3. The lowest BCUT2D eigenvalue weighted by Gasteiger charge is -2.14. The predicted molar refractivity (Wildman–Crippen MR) is 71.8 cm³/mol. The van der Waals surface area contributed by atoms with E-state index < -0.39 is 0 Å². The van der Waals surface area contributed by atoms with Gasteiger partial charge in [0.15, 0.2) is 0 Å². The van der Waals surface area contributed by atoms with Gasteiger partial charge >= 0.3 is 0 Å². The molecule has 0 amide bonds. The van der Waals surface area contributed by atoms with Gasteiger partial charge in [-0.25, -0.2) is 9.07 Å². The third-order valence-electron chi connectivity index (χ3n) is 2.81. The zero-order valence-corrected chi connectivity index (χ0v) is 11.2. The normalized spacial score (nSPS) is 11.6. The van der Waals surface area contributed by atoms with E-state index in [9.17, 15) is 4.39 Å². The van der Waals surface area contributed by atoms with Crippen molar-refractivity contribution in [3.63, 3.8) is 0 Å². The number of aromatic nitrogens is 2. The van der Waals surface area contributed by atoms with E-state index in [4.69, 9.17) is 0 Å². The van der Waals surface area contributed by atoms with Crippen molar-refractivity contribution in [2.75, 3.05) is 12.4 Å². The van der Waals surface area contributed by atoms with Gasteiger partial charge in [0.2, 0.25) is 0 Å². The Morgan fingerprint density at radius 1 is 1.22 bits per heavy atom. The lowest BCUT2D eigenvalue weighted by Crippen LogP contribution is -2.13. The first-order valence-electron chi connectivity index (χ1n) is 5.96. The molecule has 1 N–H and O–H groups in total. The maximum absolute atomic E-state index is 13.8. The Morgan fingerprint density at radius 2 is 1.89 bits per heavy atom. The maximum atomic E-state index is 13.8. The quantitative estimate of drug-likeness (QED) is 0.882. The van der Waals surface area contributed by atoms with Crippen molar-refractivity contribution >= 4 is 5.82 Å². The smallest absolute Gasteiger partial charge is 0.148 e. The van der Waals surface area contributed by atoms with Crippen LogP contribution in [0.4, 0.5) is 10.2 Å². The number of benzene rings is 1. The molecular formula is C14H18FN3. The monoisotopic (exact) mass is 247 g/mol. The Labute approximate surface area is 107 Å². The Balaban J connectivity index is 2.58. The standard InChI is InChI=1S/C14H18FN3/c1-14(2,3)12-9-13(16-4)18(17-12)11-8-6-5-7-10(11)15/h5-9,16H,1-4H3. The minimum Gasteiger partial charge on any atom is -0.373 e. The van der Waals surface area contributed by atoms with Crippen LogP contribution in [0.1, 0.15) is 26.5 Å². The van der Waals surface area contributed by atoms with Crippen LogP contribution in [0.15, 0.2) is 30.3 Å². The molecule has 96 valence electrons. The first-order valence-corrected chi connectivity index (χ1v) is 5.96. The van der Waals surface area contributed by atoms with E-state index in [1.807, 2.05) is 6.07 Å². The molecule has 0 saturated heterocycles. The van der Waals surface area contributed by atoms with E-state index in [1.54, 1.807) is 29.9 Å². The van der Waals surface area contributed by atoms with Crippen LogP contribution < -0.4 is 5.32 Å². The topological polar surface area (TPSA) is 29.9 Å². The summed E-state index contributed by atoms with van der Waals surface area (Å²) in [6.07, 6.45) is 0. The third kappa shape index (κ3) is 2.23. The predicted octanol–water partition coefficient (Wildman–Crippen LogP) is 3.35. The summed E-state index contributed by atoms with van der Waals surface area (Å²) in [5, 5.41) is 7.55. The fraction of sp³-hybridized carbons (Fsp3) is 0.357. The molecule has 1 aromatic carbocycles. The van der Waals surface area contributed by atoms with Crippen LogP contribution in [-0.2, 0) is 5.41 Å². The SMILES string of the molecule is CNc1cc(C(C)(C)C)nn1-c1ccccc1F. The van der Waals surface area contributed by atoms with E-state index in [0.717, 1.165) is 11.5 Å². The molecule has 0 spiro atoms. The fourth-order valence-electron chi connectivity index (χ4n) is 1.73. The minimum atomic E-state index is -0.280. The molecule has 0 aliphatic rings. The Kier molecular flexibility index (Phi) is 3.11. The number of nitrogens with one attached hydrogen (secondary N) is 1. The molecule has 0 radical (unpaired) electrons. The second-order valence-electron chi connectivity index (χ2n) is 5.28. The highest BCUT2D eigenvalue weighted by Gasteiger charge is 2.20. The van der Waals surface area contributed by atoms with Crippen LogP contribution in [0.2, 0.25) is 0 Å². The van der Waals surface area contributed by atoms with E-state index in [1.165, 1.54) is 6.07 Å². The molecule has 2 rings (SSSR count). The molecule has 0 bridgehead atoms. The molecule has 3 nitrogen and oxygen atoms in total. The first kappa shape index (κ1) is 12.6. The number of halogens is 1. The summed E-state index contributed by atoms with van der Waals surface area (Å²) in [6, 6.07) is 8.58. The Bertz CT molecular complexity index is 552. The minimum absolute atomic E-state index is 0.0674. The van der Waals surface area contributed by atoms with Gasteiger partial charge < -0.3 is 5.32 Å². The summed E-state index contributed by atoms with van der Waals surface area (Å²) < 4.78 is 15.4. The summed E-state index contributed by atoms with van der Waals surface area (Å²) in [5.74, 6) is 0.502. The summed E-state index contributed by atoms with van der Waals surface area (Å²) in [7, 11) is 1.81. The van der Waals surface area contributed by atoms with Crippen molar-refractivity contribution in [3.8, 4) is 5.69 Å². The number of anilines is 1. The van der Waals surface area contributed by atoms with Gasteiger partial charge in [-0.1, -0.05) is 32.9 Å². The molecule has 0 atom stereocenters. The van der Waals surface area contributed by atoms with E-state index in [2.05, 4.69) is 31.2 Å². The summed E-state index contributed by atoms with van der Waals surface area (Å²) >= 11 is 0. The highest BCUT2D eigenvalue weighted by Crippen LogP contribution is 2.26. The zero-order valence-electron chi connectivity index (χ0n) is 11.2. The average Bonchev–Trinajstić information content (AvgIpc) is 2.73. The number of rotatable bonds is 2. The molecular weight excluding hydrogens is 229 g/mol. The molecule has 4 heteroatoms. The van der Waals surface area contributed by atoms with Gasteiger partial charge in [-0.3, -0.25) is 0 Å². The lowest BCUT2D eigenvalue weighted by atomic mass is 9.92. The second-order valence-corrected chi connectivity index (χ2v) is 5.28. The number of hydrogen-bond acceptors (Lipinski definition) is 2. The van der Waals surface area contributed by atoms with Gasteiger partial charge in [-0.2, -0.15) is 5.10 Å². The van der Waals surface area contributed by atoms with Crippen LogP contribution in [0.3, 0.4) is 0 Å². The van der Waals surface area contributed by atoms with Gasteiger partial charge in [0.05, 0.1) is 5.69 Å². The molecule has 2 aromatic rings. The first-order chi connectivity index (χ1) is 8.43. The van der Waals surface area contributed by atoms with Crippen molar-refractivity contribution in [3.05, 3.63) is 41.8 Å². The largest absolute Gasteiger partial charge is 0.373 e. The van der Waals surface area contributed by atoms with Crippen molar-refractivity contribution in [2.24, 2.45) is 0 Å². The summed E-state index contributed by atoms with van der Waals surface area (Å²) in [5.41, 5.74) is 1.31. The van der Waals surface area contributed by atoms with Gasteiger partial charge in [-0.15, -0.1) is 0 Å².